The minimum absolute atomic E-state index is 0.112. The van der Waals surface area contributed by atoms with Crippen molar-refractivity contribution in [2.75, 3.05) is 6.66 Å². The van der Waals surface area contributed by atoms with Crippen LogP contribution >= 0.6 is 16.5 Å². The van der Waals surface area contributed by atoms with E-state index < -0.39 is 6.51 Å². The van der Waals surface area contributed by atoms with Crippen LogP contribution in [-0.4, -0.2) is 19.9 Å². The van der Waals surface area contributed by atoms with Gasteiger partial charge in [-0.05, 0) is 5.41 Å². The first-order valence-corrected chi connectivity index (χ1v) is 21.5. The fraction of sp³-hybridized carbons (Fsp3) is 0.778. The van der Waals surface area contributed by atoms with E-state index in [1.54, 1.807) is 5.30 Å². The molecule has 0 amide bonds. The molecule has 0 aliphatic carbocycles. The Morgan fingerprint density at radius 3 is 1.73 bits per heavy atom. The molecule has 10 saturated heterocycles. The van der Waals surface area contributed by atoms with Crippen molar-refractivity contribution >= 4 is 21.8 Å². The molecule has 1 aromatic rings. The maximum absolute atomic E-state index is 3.17. The van der Waals surface area contributed by atoms with Gasteiger partial charge in [0.05, 0.1) is 0 Å². The number of benzene rings is 1. The summed E-state index contributed by atoms with van der Waals surface area (Å²) < 4.78 is 2.09. The SMILES string of the molecule is CCC(C)(C)C.CP(c1ccccc1)[C]12[CH]3[CH]4[CH]5[C@]1(PC(C)(C)C)[Fe]43521678[CH]2[CH]1[CH]6[CH]7[CH]28. The third kappa shape index (κ3) is 0.336. The van der Waals surface area contributed by atoms with Crippen molar-refractivity contribution in [3.05, 3.63) is 30.3 Å². The molecule has 30 heavy (non-hydrogen) atoms. The Kier molecular flexibility index (Phi) is 1.21. The van der Waals surface area contributed by atoms with E-state index in [4.69, 9.17) is 0 Å². The van der Waals surface area contributed by atoms with Gasteiger partial charge in [0.15, 0.2) is 0 Å². The second kappa shape index (κ2) is 2.13. The van der Waals surface area contributed by atoms with Gasteiger partial charge in [-0.3, -0.25) is 0 Å². The molecule has 3 heteroatoms. The van der Waals surface area contributed by atoms with Gasteiger partial charge in [0.1, 0.15) is 0 Å². The van der Waals surface area contributed by atoms with Crippen molar-refractivity contribution in [1.82, 2.24) is 0 Å². The predicted octanol–water partition coefficient (Wildman–Crippen LogP) is 8.55. The van der Waals surface area contributed by atoms with E-state index in [1.807, 2.05) is 0 Å². The topological polar surface area (TPSA) is 0 Å². The molecule has 0 aromatic heterocycles. The van der Waals surface area contributed by atoms with Gasteiger partial charge >= 0.3 is 138 Å². The summed E-state index contributed by atoms with van der Waals surface area (Å²) >= 11 is 0. The second-order valence-electron chi connectivity index (χ2n) is 16.9. The summed E-state index contributed by atoms with van der Waals surface area (Å²) in [5.74, 6) is 0. The van der Waals surface area contributed by atoms with E-state index in [-0.39, 0.29) is 7.92 Å². The van der Waals surface area contributed by atoms with Crippen molar-refractivity contribution in [3.8, 4) is 0 Å². The van der Waals surface area contributed by atoms with Crippen molar-refractivity contribution < 1.29 is 6.51 Å². The standard InChI is InChI=1S/C16H21P2.C6H14.C5H5.Fe/c1-16(2,3)17-14-11-8-12-15(14)18(4)13-9-6-5-7-10-13;1-5-6(2,3)4;1-2-4-5-3-1;/h5-12,17H,1-4H3;5H2,1-4H3;1-5H;. The molecule has 10 heterocycles. The summed E-state index contributed by atoms with van der Waals surface area (Å²) in [4.78, 5) is 11.6. The molecular formula is C27H40FeP2. The molecule has 1 spiro atoms. The van der Waals surface area contributed by atoms with Gasteiger partial charge in [0, 0.05) is 0 Å². The van der Waals surface area contributed by atoms with E-state index in [2.05, 4.69) is 85.5 Å². The Bertz CT molecular complexity index is 1410. The van der Waals surface area contributed by atoms with Crippen LogP contribution in [-0.2, 0) is 6.51 Å². The summed E-state index contributed by atoms with van der Waals surface area (Å²) in [7, 11) is 1.45. The normalized spacial score (nSPS) is 77.2. The summed E-state index contributed by atoms with van der Waals surface area (Å²) in [5, 5.41) is 2.39. The maximum atomic E-state index is 2.78. The Labute approximate surface area is 177 Å². The van der Waals surface area contributed by atoms with Gasteiger partial charge in [-0.15, -0.1) is 0 Å². The third-order valence-electron chi connectivity index (χ3n) is 18.0. The molecule has 0 nitrogen and oxygen atoms in total. The van der Waals surface area contributed by atoms with Gasteiger partial charge in [0.2, 0.25) is 0 Å². The van der Waals surface area contributed by atoms with E-state index in [1.165, 1.54) is 53.5 Å². The number of hydrogen-bond acceptors (Lipinski definition) is 0. The van der Waals surface area contributed by atoms with Crippen LogP contribution in [0, 0.1) is 5.41 Å². The van der Waals surface area contributed by atoms with Crippen LogP contribution < -0.4 is 5.30 Å². The monoisotopic (exact) mass is 482 g/mol. The Hall–Kier alpha value is 0.599. The van der Waals surface area contributed by atoms with Gasteiger partial charge in [-0.1, -0.05) is 34.1 Å². The Morgan fingerprint density at radius 1 is 0.867 bits per heavy atom. The molecule has 0 saturated carbocycles. The molecular weight excluding hydrogens is 442 g/mol. The number of hydrogen-bond donors (Lipinski definition) is 0. The second-order valence-corrected chi connectivity index (χ2v) is 45.9. The molecule has 0 bridgehead atoms. The van der Waals surface area contributed by atoms with Crippen molar-refractivity contribution in [2.45, 2.75) is 107 Å². The van der Waals surface area contributed by atoms with E-state index >= 15 is 0 Å². The van der Waals surface area contributed by atoms with Gasteiger partial charge in [0.25, 0.3) is 0 Å². The fourth-order valence-corrected chi connectivity index (χ4v) is 124. The van der Waals surface area contributed by atoms with Gasteiger partial charge < -0.3 is 0 Å². The molecule has 10 aliphatic heterocycles. The molecule has 1 aromatic carbocycles. The quantitative estimate of drug-likeness (QED) is 0.299. The average molecular weight is 482 g/mol. The summed E-state index contributed by atoms with van der Waals surface area (Å²) in [6.45, 7) is 16.3. The van der Waals surface area contributed by atoms with Gasteiger partial charge in [-0.2, -0.15) is 0 Å². The van der Waals surface area contributed by atoms with Crippen LogP contribution in [0.1, 0.15) is 54.9 Å². The van der Waals surface area contributed by atoms with Crippen LogP contribution in [0.5, 0.6) is 0 Å². The molecule has 11 rings (SSSR count). The Balaban J connectivity index is 0.000000208. The zero-order valence-corrected chi connectivity index (χ0v) is 23.0. The van der Waals surface area contributed by atoms with E-state index in [9.17, 15) is 0 Å². The van der Waals surface area contributed by atoms with Crippen molar-refractivity contribution in [3.63, 3.8) is 0 Å². The molecule has 10 aliphatic rings. The van der Waals surface area contributed by atoms with Crippen LogP contribution in [0.3, 0.4) is 0 Å². The van der Waals surface area contributed by atoms with E-state index in [0.29, 0.717) is 10.6 Å². The molecule has 6 unspecified atom stereocenters. The van der Waals surface area contributed by atoms with E-state index in [0.717, 1.165) is 8.11 Å². The molecule has 166 valence electrons. The molecule has 0 radical (unpaired) electrons. The molecule has 7 atom stereocenters. The van der Waals surface area contributed by atoms with Crippen LogP contribution in [0.25, 0.3) is 0 Å². The number of rotatable bonds is 3. The first-order valence-electron chi connectivity index (χ1n) is 12.5. The minimum atomic E-state index is -3.17. The van der Waals surface area contributed by atoms with Crippen LogP contribution in [0.2, 0.25) is 38.5 Å². The summed E-state index contributed by atoms with van der Waals surface area (Å²) in [5.41, 5.74) is 0.542. The molecule has 0 N–H and O–H groups in total. The Morgan fingerprint density at radius 2 is 1.37 bits per heavy atom. The molecule has 10 fully saturated rings. The first-order chi connectivity index (χ1) is 13.7. The van der Waals surface area contributed by atoms with Crippen LogP contribution in [0.15, 0.2) is 30.3 Å². The third-order valence-corrected chi connectivity index (χ3v) is 74.3. The number of fused-ring (bicyclic) bond motifs is 10. The van der Waals surface area contributed by atoms with Gasteiger partial charge in [-0.25, -0.2) is 0 Å². The van der Waals surface area contributed by atoms with Crippen LogP contribution in [0.4, 0.5) is 0 Å². The summed E-state index contributed by atoms with van der Waals surface area (Å²) in [6.07, 6.45) is 1.27. The average Bonchev–Trinajstić information content (AvgIpc) is 3.61. The first kappa shape index (κ1) is 17.1. The van der Waals surface area contributed by atoms with Crippen molar-refractivity contribution in [2.24, 2.45) is 5.41 Å². The predicted molar refractivity (Wildman–Crippen MR) is 132 cm³/mol. The summed E-state index contributed by atoms with van der Waals surface area (Å²) in [6, 6.07) is 11.9. The zero-order chi connectivity index (χ0) is 21.0. The zero-order valence-electron chi connectivity index (χ0n) is 20.0. The van der Waals surface area contributed by atoms with Crippen molar-refractivity contribution in [1.29, 1.82) is 0 Å². The fourth-order valence-electron chi connectivity index (χ4n) is 19.1.